The molecular weight excluding hydrogens is 332 g/mol. The average Bonchev–Trinajstić information content (AvgIpc) is 3.16. The second kappa shape index (κ2) is 10.5. The number of rotatable bonds is 8. The summed E-state index contributed by atoms with van der Waals surface area (Å²) in [5.41, 5.74) is 1.81. The first-order valence-corrected chi connectivity index (χ1v) is 9.74. The van der Waals surface area contributed by atoms with Gasteiger partial charge in [-0.05, 0) is 56.2 Å². The number of carbonyl (C=O) groups excluding carboxylic acids is 1. The topological polar surface area (TPSA) is 68.8 Å². The lowest BCUT2D eigenvalue weighted by Gasteiger charge is -2.22. The van der Waals surface area contributed by atoms with E-state index in [1.54, 1.807) is 0 Å². The summed E-state index contributed by atoms with van der Waals surface area (Å²) >= 11 is 0. The monoisotopic (exact) mass is 362 g/mol. The fraction of sp³-hybridized carbons (Fsp3) is 0.650. The molecule has 6 nitrogen and oxygen atoms in total. The van der Waals surface area contributed by atoms with Gasteiger partial charge in [-0.2, -0.15) is 0 Å². The lowest BCUT2D eigenvalue weighted by molar-refractivity contribution is -0.0447. The number of carbonyl (C=O) groups is 1. The Morgan fingerprint density at radius 2 is 1.96 bits per heavy atom. The van der Waals surface area contributed by atoms with Crippen LogP contribution in [0.4, 0.5) is 10.5 Å². The van der Waals surface area contributed by atoms with Crippen LogP contribution in [0.3, 0.4) is 0 Å². The van der Waals surface area contributed by atoms with Crippen molar-refractivity contribution in [2.45, 2.75) is 57.3 Å². The molecule has 0 bridgehead atoms. The average molecular weight is 362 g/mol. The van der Waals surface area contributed by atoms with Gasteiger partial charge in [0, 0.05) is 25.4 Å². The van der Waals surface area contributed by atoms with E-state index >= 15 is 0 Å². The predicted octanol–water partition coefficient (Wildman–Crippen LogP) is 3.46. The van der Waals surface area contributed by atoms with Gasteiger partial charge < -0.3 is 24.8 Å². The highest BCUT2D eigenvalue weighted by atomic mass is 16.5. The molecular formula is C20H30N2O4. The smallest absolute Gasteiger partial charge is 0.319 e. The third-order valence-corrected chi connectivity index (χ3v) is 4.81. The molecule has 0 saturated carbocycles. The van der Waals surface area contributed by atoms with Crippen LogP contribution in [0.15, 0.2) is 24.3 Å². The van der Waals surface area contributed by atoms with Gasteiger partial charge in [0.25, 0.3) is 0 Å². The maximum Gasteiger partial charge on any atom is 0.319 e. The molecule has 2 N–H and O–H groups in total. The number of amides is 2. The van der Waals surface area contributed by atoms with Crippen LogP contribution in [0.1, 0.15) is 44.1 Å². The van der Waals surface area contributed by atoms with Crippen molar-refractivity contribution in [3.05, 3.63) is 29.8 Å². The minimum Gasteiger partial charge on any atom is -0.378 e. The summed E-state index contributed by atoms with van der Waals surface area (Å²) in [6.45, 7) is 3.46. The number of urea groups is 1. The molecule has 2 fully saturated rings. The molecule has 2 heterocycles. The first kappa shape index (κ1) is 19.1. The number of hydrogen-bond acceptors (Lipinski definition) is 4. The number of ether oxygens (including phenoxy) is 3. The zero-order valence-corrected chi connectivity index (χ0v) is 15.4. The quantitative estimate of drug-likeness (QED) is 0.743. The fourth-order valence-corrected chi connectivity index (χ4v) is 3.38. The van der Waals surface area contributed by atoms with Gasteiger partial charge in [0.1, 0.15) is 0 Å². The molecule has 2 aliphatic heterocycles. The van der Waals surface area contributed by atoms with E-state index in [9.17, 15) is 4.79 Å². The van der Waals surface area contributed by atoms with Gasteiger partial charge in [-0.25, -0.2) is 4.79 Å². The van der Waals surface area contributed by atoms with Crippen LogP contribution < -0.4 is 10.6 Å². The molecule has 1 aromatic carbocycles. The molecule has 2 saturated heterocycles. The van der Waals surface area contributed by atoms with Crippen molar-refractivity contribution in [1.82, 2.24) is 5.32 Å². The van der Waals surface area contributed by atoms with Gasteiger partial charge in [0.15, 0.2) is 0 Å². The lowest BCUT2D eigenvalue weighted by atomic mass is 10.1. The van der Waals surface area contributed by atoms with Crippen molar-refractivity contribution < 1.29 is 19.0 Å². The Morgan fingerprint density at radius 1 is 1.12 bits per heavy atom. The van der Waals surface area contributed by atoms with E-state index in [1.165, 1.54) is 6.42 Å². The number of nitrogens with one attached hydrogen (secondary N) is 2. The van der Waals surface area contributed by atoms with E-state index in [-0.39, 0.29) is 12.1 Å². The molecule has 0 aromatic heterocycles. The van der Waals surface area contributed by atoms with E-state index in [4.69, 9.17) is 14.2 Å². The molecule has 144 valence electrons. The Hall–Kier alpha value is -1.63. The Morgan fingerprint density at radius 3 is 2.77 bits per heavy atom. The Kier molecular flexibility index (Phi) is 7.73. The van der Waals surface area contributed by atoms with Gasteiger partial charge in [-0.15, -0.1) is 0 Å². The van der Waals surface area contributed by atoms with Crippen molar-refractivity contribution in [3.8, 4) is 0 Å². The Bertz CT molecular complexity index is 554. The molecule has 0 aliphatic carbocycles. The van der Waals surface area contributed by atoms with Crippen molar-refractivity contribution in [3.63, 3.8) is 0 Å². The molecule has 0 spiro atoms. The van der Waals surface area contributed by atoms with Crippen molar-refractivity contribution in [2.24, 2.45) is 0 Å². The van der Waals surface area contributed by atoms with E-state index in [0.717, 1.165) is 56.6 Å². The van der Waals surface area contributed by atoms with Gasteiger partial charge in [0.2, 0.25) is 0 Å². The largest absolute Gasteiger partial charge is 0.378 e. The zero-order valence-electron chi connectivity index (χ0n) is 15.4. The molecule has 26 heavy (non-hydrogen) atoms. The second-order valence-corrected chi connectivity index (χ2v) is 7.01. The molecule has 2 atom stereocenters. The summed E-state index contributed by atoms with van der Waals surface area (Å²) < 4.78 is 17.0. The standard InChI is InChI=1S/C20H30N2O4/c23-20(21-10-9-18-8-4-12-25-18)22-17-6-3-5-16(13-17)14-24-15-19-7-1-2-11-26-19/h3,5-6,13,18-19H,1-2,4,7-12,14-15H2,(H2,21,22,23)/t18-,19-/m0/s1. The van der Waals surface area contributed by atoms with Crippen molar-refractivity contribution >= 4 is 11.7 Å². The van der Waals surface area contributed by atoms with Crippen LogP contribution in [0.2, 0.25) is 0 Å². The van der Waals surface area contributed by atoms with Gasteiger partial charge in [-0.1, -0.05) is 12.1 Å². The summed E-state index contributed by atoms with van der Waals surface area (Å²) in [6, 6.07) is 7.58. The van der Waals surface area contributed by atoms with E-state index < -0.39 is 0 Å². The molecule has 6 heteroatoms. The van der Waals surface area contributed by atoms with Gasteiger partial charge in [-0.3, -0.25) is 0 Å². The van der Waals surface area contributed by atoms with Crippen LogP contribution >= 0.6 is 0 Å². The minimum absolute atomic E-state index is 0.184. The van der Waals surface area contributed by atoms with Crippen LogP contribution in [0.5, 0.6) is 0 Å². The number of benzene rings is 1. The Labute approximate surface area is 155 Å². The van der Waals surface area contributed by atoms with Gasteiger partial charge >= 0.3 is 6.03 Å². The van der Waals surface area contributed by atoms with E-state index in [1.807, 2.05) is 24.3 Å². The normalized spacial score (nSPS) is 22.9. The van der Waals surface area contributed by atoms with Crippen molar-refractivity contribution in [2.75, 3.05) is 31.7 Å². The molecule has 2 amide bonds. The summed E-state index contributed by atoms with van der Waals surface area (Å²) in [6.07, 6.45) is 7.05. The highest BCUT2D eigenvalue weighted by Crippen LogP contribution is 2.16. The first-order chi connectivity index (χ1) is 12.8. The zero-order chi connectivity index (χ0) is 18.0. The van der Waals surface area contributed by atoms with Crippen LogP contribution in [0.25, 0.3) is 0 Å². The third-order valence-electron chi connectivity index (χ3n) is 4.81. The molecule has 3 rings (SSSR count). The Balaban J connectivity index is 1.35. The van der Waals surface area contributed by atoms with Crippen LogP contribution in [0, 0.1) is 0 Å². The second-order valence-electron chi connectivity index (χ2n) is 7.01. The molecule has 2 aliphatic rings. The molecule has 1 aromatic rings. The molecule has 0 radical (unpaired) electrons. The fourth-order valence-electron chi connectivity index (χ4n) is 3.38. The SMILES string of the molecule is O=C(NCC[C@@H]1CCCO1)Nc1cccc(COC[C@@H]2CCCCO2)c1. The maximum atomic E-state index is 12.0. The van der Waals surface area contributed by atoms with Gasteiger partial charge in [0.05, 0.1) is 25.4 Å². The number of anilines is 1. The third kappa shape index (κ3) is 6.59. The van der Waals surface area contributed by atoms with Crippen molar-refractivity contribution in [1.29, 1.82) is 0 Å². The summed E-state index contributed by atoms with van der Waals surface area (Å²) in [7, 11) is 0. The summed E-state index contributed by atoms with van der Waals surface area (Å²) in [5, 5.41) is 5.76. The number of hydrogen-bond donors (Lipinski definition) is 2. The van der Waals surface area contributed by atoms with E-state index in [2.05, 4.69) is 10.6 Å². The first-order valence-electron chi connectivity index (χ1n) is 9.74. The van der Waals surface area contributed by atoms with E-state index in [0.29, 0.717) is 25.9 Å². The predicted molar refractivity (Wildman–Crippen MR) is 100 cm³/mol. The molecule has 0 unspecified atom stereocenters. The maximum absolute atomic E-state index is 12.0. The summed E-state index contributed by atoms with van der Waals surface area (Å²) in [5.74, 6) is 0. The highest BCUT2D eigenvalue weighted by Gasteiger charge is 2.15. The van der Waals surface area contributed by atoms with Crippen LogP contribution in [-0.2, 0) is 20.8 Å². The lowest BCUT2D eigenvalue weighted by Crippen LogP contribution is -2.31. The minimum atomic E-state index is -0.184. The van der Waals surface area contributed by atoms with Crippen LogP contribution in [-0.4, -0.2) is 44.6 Å². The highest BCUT2D eigenvalue weighted by molar-refractivity contribution is 5.89. The summed E-state index contributed by atoms with van der Waals surface area (Å²) in [4.78, 5) is 12.0.